The minimum atomic E-state index is -0.187. The van der Waals surface area contributed by atoms with Crippen LogP contribution < -0.4 is 0 Å². The van der Waals surface area contributed by atoms with Crippen LogP contribution >= 0.6 is 0 Å². The molecule has 7 atom stereocenters. The molecule has 3 aliphatic carbocycles. The van der Waals surface area contributed by atoms with Crippen LogP contribution in [0.3, 0.4) is 0 Å². The highest BCUT2D eigenvalue weighted by Gasteiger charge is 2.60. The van der Waals surface area contributed by atoms with Gasteiger partial charge in [0.15, 0.2) is 0 Å². The lowest BCUT2D eigenvalue weighted by atomic mass is 9.74. The predicted molar refractivity (Wildman–Crippen MR) is 75.5 cm³/mol. The van der Waals surface area contributed by atoms with E-state index in [9.17, 15) is 4.79 Å². The molecule has 2 nitrogen and oxygen atoms in total. The van der Waals surface area contributed by atoms with Crippen molar-refractivity contribution in [2.75, 3.05) is 0 Å². The third-order valence-corrected chi connectivity index (χ3v) is 6.08. The van der Waals surface area contributed by atoms with Crippen LogP contribution in [0.15, 0.2) is 12.2 Å². The summed E-state index contributed by atoms with van der Waals surface area (Å²) in [4.78, 5) is 11.8. The van der Waals surface area contributed by atoms with Gasteiger partial charge in [-0.25, -0.2) is 4.79 Å². The molecule has 0 radical (unpaired) electrons. The minimum absolute atomic E-state index is 0.176. The Morgan fingerprint density at radius 1 is 1.26 bits per heavy atom. The minimum Gasteiger partial charge on any atom is -0.459 e. The van der Waals surface area contributed by atoms with Gasteiger partial charge in [-0.15, -0.1) is 0 Å². The van der Waals surface area contributed by atoms with Crippen LogP contribution in [0.25, 0.3) is 0 Å². The van der Waals surface area contributed by atoms with E-state index in [2.05, 4.69) is 20.4 Å². The van der Waals surface area contributed by atoms with Crippen molar-refractivity contribution in [3.05, 3.63) is 12.2 Å². The van der Waals surface area contributed by atoms with Crippen molar-refractivity contribution >= 4 is 5.97 Å². The molecule has 2 bridgehead atoms. The number of ether oxygens (including phenoxy) is 1. The summed E-state index contributed by atoms with van der Waals surface area (Å²) in [7, 11) is 0. The lowest BCUT2D eigenvalue weighted by Crippen LogP contribution is -2.35. The fourth-order valence-corrected chi connectivity index (χ4v) is 5.50. The predicted octanol–water partition coefficient (Wildman–Crippen LogP) is 3.81. The largest absolute Gasteiger partial charge is 0.459 e. The molecule has 19 heavy (non-hydrogen) atoms. The summed E-state index contributed by atoms with van der Waals surface area (Å²) in [6.45, 7) is 10.2. The van der Waals surface area contributed by atoms with Crippen LogP contribution in [0.5, 0.6) is 0 Å². The second kappa shape index (κ2) is 4.64. The summed E-state index contributed by atoms with van der Waals surface area (Å²) < 4.78 is 5.70. The van der Waals surface area contributed by atoms with Gasteiger partial charge in [-0.05, 0) is 61.7 Å². The normalized spacial score (nSPS) is 47.2. The van der Waals surface area contributed by atoms with E-state index in [1.165, 1.54) is 19.3 Å². The molecule has 0 heterocycles. The quantitative estimate of drug-likeness (QED) is 0.571. The highest BCUT2D eigenvalue weighted by molar-refractivity contribution is 5.87. The Hall–Kier alpha value is -0.790. The maximum atomic E-state index is 11.8. The van der Waals surface area contributed by atoms with Crippen LogP contribution in [0, 0.1) is 35.5 Å². The number of hydrogen-bond acceptors (Lipinski definition) is 2. The summed E-state index contributed by atoms with van der Waals surface area (Å²) >= 11 is 0. The van der Waals surface area contributed by atoms with E-state index in [-0.39, 0.29) is 12.1 Å². The van der Waals surface area contributed by atoms with Crippen LogP contribution in [0.2, 0.25) is 0 Å². The molecule has 3 saturated carbocycles. The van der Waals surface area contributed by atoms with Gasteiger partial charge in [0.2, 0.25) is 0 Å². The van der Waals surface area contributed by atoms with Crippen molar-refractivity contribution in [3.8, 4) is 0 Å². The summed E-state index contributed by atoms with van der Waals surface area (Å²) in [5.74, 6) is 4.73. The first kappa shape index (κ1) is 13.2. The van der Waals surface area contributed by atoms with E-state index in [4.69, 9.17) is 4.74 Å². The van der Waals surface area contributed by atoms with E-state index in [0.717, 1.165) is 36.0 Å². The van der Waals surface area contributed by atoms with E-state index >= 15 is 0 Å². The average Bonchev–Trinajstić information content (AvgIpc) is 3.00. The SMILES string of the molecule is C=C(C)C(=O)OC1CC2CC1C1C(CC)CC(C)C21. The number of esters is 1. The maximum Gasteiger partial charge on any atom is 0.333 e. The van der Waals surface area contributed by atoms with E-state index in [1.807, 2.05) is 0 Å². The molecule has 0 aromatic carbocycles. The van der Waals surface area contributed by atoms with Crippen LogP contribution in [-0.2, 0) is 9.53 Å². The van der Waals surface area contributed by atoms with Crippen molar-refractivity contribution in [2.24, 2.45) is 35.5 Å². The van der Waals surface area contributed by atoms with Crippen molar-refractivity contribution in [2.45, 2.75) is 52.6 Å². The first-order chi connectivity index (χ1) is 9.02. The number of rotatable bonds is 3. The van der Waals surface area contributed by atoms with Crippen LogP contribution in [0.1, 0.15) is 46.5 Å². The lowest BCUT2D eigenvalue weighted by molar-refractivity contribution is -0.148. The van der Waals surface area contributed by atoms with Crippen LogP contribution in [0.4, 0.5) is 0 Å². The summed E-state index contributed by atoms with van der Waals surface area (Å²) in [5.41, 5.74) is 0.533. The summed E-state index contributed by atoms with van der Waals surface area (Å²) in [6.07, 6.45) is 5.25. The molecule has 3 fully saturated rings. The van der Waals surface area contributed by atoms with Gasteiger partial charge >= 0.3 is 5.97 Å². The Morgan fingerprint density at radius 2 is 2.00 bits per heavy atom. The van der Waals surface area contributed by atoms with Gasteiger partial charge in [0.25, 0.3) is 0 Å². The molecule has 3 aliphatic rings. The molecule has 0 saturated heterocycles. The van der Waals surface area contributed by atoms with Gasteiger partial charge < -0.3 is 4.74 Å². The molecule has 0 amide bonds. The second-order valence-corrected chi connectivity index (χ2v) is 7.16. The Bertz CT molecular complexity index is 400. The Labute approximate surface area is 116 Å². The van der Waals surface area contributed by atoms with Crippen molar-refractivity contribution in [3.63, 3.8) is 0 Å². The zero-order valence-electron chi connectivity index (χ0n) is 12.4. The molecule has 7 unspecified atom stereocenters. The van der Waals surface area contributed by atoms with E-state index < -0.39 is 0 Å². The summed E-state index contributed by atoms with van der Waals surface area (Å²) in [6, 6.07) is 0. The second-order valence-electron chi connectivity index (χ2n) is 7.16. The Kier molecular flexibility index (Phi) is 3.23. The van der Waals surface area contributed by atoms with Gasteiger partial charge in [0.05, 0.1) is 0 Å². The molecule has 2 heteroatoms. The number of carbonyl (C=O) groups excluding carboxylic acids is 1. The first-order valence-electron chi connectivity index (χ1n) is 7.89. The molecule has 0 spiro atoms. The van der Waals surface area contributed by atoms with Gasteiger partial charge in [-0.2, -0.15) is 0 Å². The van der Waals surface area contributed by atoms with E-state index in [0.29, 0.717) is 11.5 Å². The molecule has 0 aromatic rings. The molecule has 106 valence electrons. The van der Waals surface area contributed by atoms with Gasteiger partial charge in [-0.3, -0.25) is 0 Å². The zero-order valence-corrected chi connectivity index (χ0v) is 12.4. The van der Waals surface area contributed by atoms with Gasteiger partial charge in [0.1, 0.15) is 6.10 Å². The van der Waals surface area contributed by atoms with Crippen molar-refractivity contribution in [1.82, 2.24) is 0 Å². The van der Waals surface area contributed by atoms with Gasteiger partial charge in [-0.1, -0.05) is 26.8 Å². The molecular weight excluding hydrogens is 236 g/mol. The molecule has 0 aliphatic heterocycles. The Balaban J connectivity index is 1.74. The first-order valence-corrected chi connectivity index (χ1v) is 7.89. The average molecular weight is 262 g/mol. The third-order valence-electron chi connectivity index (χ3n) is 6.08. The lowest BCUT2D eigenvalue weighted by Gasteiger charge is -2.35. The molecule has 0 N–H and O–H groups in total. The van der Waals surface area contributed by atoms with Crippen molar-refractivity contribution < 1.29 is 9.53 Å². The number of carbonyl (C=O) groups is 1. The molecular formula is C17H26O2. The fraction of sp³-hybridized carbons (Fsp3) is 0.824. The third kappa shape index (κ3) is 1.95. The number of fused-ring (bicyclic) bond motifs is 5. The molecule has 3 rings (SSSR count). The fourth-order valence-electron chi connectivity index (χ4n) is 5.50. The zero-order chi connectivity index (χ0) is 13.7. The van der Waals surface area contributed by atoms with Crippen molar-refractivity contribution in [1.29, 1.82) is 0 Å². The smallest absolute Gasteiger partial charge is 0.333 e. The number of hydrogen-bond donors (Lipinski definition) is 0. The highest BCUT2D eigenvalue weighted by Crippen LogP contribution is 2.63. The standard InChI is InChI=1S/C17H26O2/c1-5-11-6-10(4)15-12-7-13(16(11)15)14(8-12)19-17(18)9(2)3/h10-16H,2,5-8H2,1,3-4H3. The monoisotopic (exact) mass is 262 g/mol. The topological polar surface area (TPSA) is 26.3 Å². The molecule has 0 aromatic heterocycles. The van der Waals surface area contributed by atoms with Gasteiger partial charge in [0, 0.05) is 5.57 Å². The van der Waals surface area contributed by atoms with E-state index in [1.54, 1.807) is 6.92 Å². The van der Waals surface area contributed by atoms with Crippen LogP contribution in [-0.4, -0.2) is 12.1 Å². The Morgan fingerprint density at radius 3 is 2.63 bits per heavy atom. The highest BCUT2D eigenvalue weighted by atomic mass is 16.5. The maximum absolute atomic E-state index is 11.8. The summed E-state index contributed by atoms with van der Waals surface area (Å²) in [5, 5.41) is 0.